The molecule has 0 saturated heterocycles. The Labute approximate surface area is 121 Å². The standard InChI is InChI=1S/C16H14FN3O/c1-21-13-4-2-3-11(7-13)9-18-16-14-8-12(17)5-6-15(14)19-10-20-16/h2-8,10H,9H2,1H3,(H,18,19,20). The van der Waals surface area contributed by atoms with E-state index >= 15 is 0 Å². The Morgan fingerprint density at radius 2 is 2.05 bits per heavy atom. The molecule has 0 unspecified atom stereocenters. The Bertz CT molecular complexity index is 776. The quantitative estimate of drug-likeness (QED) is 0.797. The third kappa shape index (κ3) is 2.91. The molecular weight excluding hydrogens is 269 g/mol. The number of ether oxygens (including phenoxy) is 1. The molecule has 0 aliphatic heterocycles. The van der Waals surface area contributed by atoms with Crippen LogP contribution >= 0.6 is 0 Å². The van der Waals surface area contributed by atoms with Crippen LogP contribution in [0.4, 0.5) is 10.2 Å². The number of methoxy groups -OCH3 is 1. The topological polar surface area (TPSA) is 47.0 Å². The van der Waals surface area contributed by atoms with Crippen LogP contribution in [0, 0.1) is 5.82 Å². The molecule has 0 amide bonds. The number of nitrogens with zero attached hydrogens (tertiary/aromatic N) is 2. The minimum absolute atomic E-state index is 0.304. The van der Waals surface area contributed by atoms with Gasteiger partial charge in [-0.25, -0.2) is 14.4 Å². The van der Waals surface area contributed by atoms with Gasteiger partial charge in [-0.3, -0.25) is 0 Å². The number of rotatable bonds is 4. The molecule has 0 saturated carbocycles. The van der Waals surface area contributed by atoms with Crippen LogP contribution in [0.2, 0.25) is 0 Å². The van der Waals surface area contributed by atoms with Crippen molar-refractivity contribution in [1.29, 1.82) is 0 Å². The van der Waals surface area contributed by atoms with E-state index < -0.39 is 0 Å². The highest BCUT2D eigenvalue weighted by Crippen LogP contribution is 2.21. The lowest BCUT2D eigenvalue weighted by molar-refractivity contribution is 0.414. The second-order valence-corrected chi connectivity index (χ2v) is 4.59. The monoisotopic (exact) mass is 283 g/mol. The zero-order chi connectivity index (χ0) is 14.7. The van der Waals surface area contributed by atoms with E-state index in [9.17, 15) is 4.39 Å². The molecule has 21 heavy (non-hydrogen) atoms. The van der Waals surface area contributed by atoms with Gasteiger partial charge in [0.15, 0.2) is 0 Å². The van der Waals surface area contributed by atoms with E-state index in [1.165, 1.54) is 18.5 Å². The number of nitrogens with one attached hydrogen (secondary N) is 1. The summed E-state index contributed by atoms with van der Waals surface area (Å²) in [7, 11) is 1.63. The maximum atomic E-state index is 13.4. The molecule has 0 aliphatic rings. The van der Waals surface area contributed by atoms with Crippen molar-refractivity contribution in [1.82, 2.24) is 9.97 Å². The smallest absolute Gasteiger partial charge is 0.137 e. The number of aromatic nitrogens is 2. The fraction of sp³-hybridized carbons (Fsp3) is 0.125. The second-order valence-electron chi connectivity index (χ2n) is 4.59. The molecule has 0 bridgehead atoms. The van der Waals surface area contributed by atoms with Gasteiger partial charge in [0.05, 0.1) is 12.6 Å². The molecule has 1 heterocycles. The Morgan fingerprint density at radius 3 is 2.90 bits per heavy atom. The third-order valence-electron chi connectivity index (χ3n) is 3.19. The molecule has 3 aromatic rings. The van der Waals surface area contributed by atoms with Gasteiger partial charge in [0.1, 0.15) is 23.7 Å². The molecule has 3 rings (SSSR count). The minimum Gasteiger partial charge on any atom is -0.497 e. The van der Waals surface area contributed by atoms with Crippen molar-refractivity contribution in [3.63, 3.8) is 0 Å². The van der Waals surface area contributed by atoms with Crippen LogP contribution in [-0.2, 0) is 6.54 Å². The predicted molar refractivity (Wildman–Crippen MR) is 79.8 cm³/mol. The van der Waals surface area contributed by atoms with Crippen molar-refractivity contribution in [3.05, 3.63) is 60.2 Å². The van der Waals surface area contributed by atoms with Gasteiger partial charge in [0.25, 0.3) is 0 Å². The molecule has 1 aromatic heterocycles. The number of anilines is 1. The Balaban J connectivity index is 1.86. The molecule has 1 N–H and O–H groups in total. The molecule has 0 radical (unpaired) electrons. The largest absolute Gasteiger partial charge is 0.497 e. The van der Waals surface area contributed by atoms with Crippen LogP contribution in [0.1, 0.15) is 5.56 Å². The van der Waals surface area contributed by atoms with Gasteiger partial charge in [-0.15, -0.1) is 0 Å². The number of fused-ring (bicyclic) bond motifs is 1. The van der Waals surface area contributed by atoms with Crippen molar-refractivity contribution in [2.75, 3.05) is 12.4 Å². The van der Waals surface area contributed by atoms with E-state index in [1.807, 2.05) is 24.3 Å². The molecule has 0 atom stereocenters. The Kier molecular flexibility index (Phi) is 3.64. The summed E-state index contributed by atoms with van der Waals surface area (Å²) in [4.78, 5) is 8.31. The first-order chi connectivity index (χ1) is 10.3. The summed E-state index contributed by atoms with van der Waals surface area (Å²) >= 11 is 0. The molecule has 2 aromatic carbocycles. The molecule has 4 nitrogen and oxygen atoms in total. The highest BCUT2D eigenvalue weighted by molar-refractivity contribution is 5.88. The van der Waals surface area contributed by atoms with E-state index in [2.05, 4.69) is 15.3 Å². The van der Waals surface area contributed by atoms with E-state index in [0.29, 0.717) is 23.3 Å². The fourth-order valence-electron chi connectivity index (χ4n) is 2.14. The summed E-state index contributed by atoms with van der Waals surface area (Å²) in [5, 5.41) is 3.88. The molecular formula is C16H14FN3O. The molecule has 0 fully saturated rings. The number of benzene rings is 2. The minimum atomic E-state index is -0.304. The summed E-state index contributed by atoms with van der Waals surface area (Å²) < 4.78 is 18.6. The van der Waals surface area contributed by atoms with Crippen LogP contribution in [0.15, 0.2) is 48.8 Å². The van der Waals surface area contributed by atoms with Crippen molar-refractivity contribution in [3.8, 4) is 5.75 Å². The third-order valence-corrected chi connectivity index (χ3v) is 3.19. The van der Waals surface area contributed by atoms with Gasteiger partial charge in [0.2, 0.25) is 0 Å². The number of halogens is 1. The average molecular weight is 283 g/mol. The van der Waals surface area contributed by atoms with E-state index in [4.69, 9.17) is 4.74 Å². The first-order valence-electron chi connectivity index (χ1n) is 6.53. The summed E-state index contributed by atoms with van der Waals surface area (Å²) in [5.41, 5.74) is 1.76. The van der Waals surface area contributed by atoms with Crippen molar-refractivity contribution in [2.45, 2.75) is 6.54 Å². The summed E-state index contributed by atoms with van der Waals surface area (Å²) in [6.07, 6.45) is 1.47. The summed E-state index contributed by atoms with van der Waals surface area (Å²) in [5.74, 6) is 1.11. The molecule has 0 spiro atoms. The van der Waals surface area contributed by atoms with Crippen LogP contribution in [0.5, 0.6) is 5.75 Å². The lowest BCUT2D eigenvalue weighted by Crippen LogP contribution is -2.03. The highest BCUT2D eigenvalue weighted by atomic mass is 19.1. The van der Waals surface area contributed by atoms with E-state index in [1.54, 1.807) is 13.2 Å². The fourth-order valence-corrected chi connectivity index (χ4v) is 2.14. The lowest BCUT2D eigenvalue weighted by atomic mass is 10.2. The Morgan fingerprint density at radius 1 is 1.14 bits per heavy atom. The maximum Gasteiger partial charge on any atom is 0.137 e. The van der Waals surface area contributed by atoms with Gasteiger partial charge in [-0.05, 0) is 35.9 Å². The van der Waals surface area contributed by atoms with Crippen molar-refractivity contribution in [2.24, 2.45) is 0 Å². The predicted octanol–water partition coefficient (Wildman–Crippen LogP) is 3.39. The Hall–Kier alpha value is -2.69. The van der Waals surface area contributed by atoms with E-state index in [0.717, 1.165) is 11.3 Å². The first-order valence-corrected chi connectivity index (χ1v) is 6.53. The lowest BCUT2D eigenvalue weighted by Gasteiger charge is -2.09. The molecule has 106 valence electrons. The van der Waals surface area contributed by atoms with Crippen LogP contribution < -0.4 is 10.1 Å². The number of hydrogen-bond acceptors (Lipinski definition) is 4. The number of hydrogen-bond donors (Lipinski definition) is 1. The maximum absolute atomic E-state index is 13.4. The highest BCUT2D eigenvalue weighted by Gasteiger charge is 2.05. The average Bonchev–Trinajstić information content (AvgIpc) is 2.53. The normalized spacial score (nSPS) is 10.6. The van der Waals surface area contributed by atoms with Crippen LogP contribution in [-0.4, -0.2) is 17.1 Å². The first kappa shape index (κ1) is 13.3. The zero-order valence-electron chi connectivity index (χ0n) is 11.5. The van der Waals surface area contributed by atoms with Crippen molar-refractivity contribution >= 4 is 16.7 Å². The van der Waals surface area contributed by atoms with Gasteiger partial charge in [0, 0.05) is 11.9 Å². The van der Waals surface area contributed by atoms with Crippen molar-refractivity contribution < 1.29 is 9.13 Å². The van der Waals surface area contributed by atoms with Crippen LogP contribution in [0.3, 0.4) is 0 Å². The molecule has 0 aliphatic carbocycles. The van der Waals surface area contributed by atoms with Crippen LogP contribution in [0.25, 0.3) is 10.9 Å². The van der Waals surface area contributed by atoms with Gasteiger partial charge >= 0.3 is 0 Å². The summed E-state index contributed by atoms with van der Waals surface area (Å²) in [6.45, 7) is 0.569. The second kappa shape index (κ2) is 5.75. The zero-order valence-corrected chi connectivity index (χ0v) is 11.5. The van der Waals surface area contributed by atoms with Gasteiger partial charge < -0.3 is 10.1 Å². The van der Waals surface area contributed by atoms with E-state index in [-0.39, 0.29) is 5.82 Å². The van der Waals surface area contributed by atoms with Gasteiger partial charge in [-0.2, -0.15) is 0 Å². The van der Waals surface area contributed by atoms with Gasteiger partial charge in [-0.1, -0.05) is 12.1 Å². The SMILES string of the molecule is COc1cccc(CNc2ncnc3ccc(F)cc23)c1. The summed E-state index contributed by atoms with van der Waals surface area (Å²) in [6, 6.07) is 12.2. The molecule has 5 heteroatoms.